The monoisotopic (exact) mass is 373 g/mol. The van der Waals surface area contributed by atoms with Gasteiger partial charge in [0.05, 0.1) is 0 Å². The minimum absolute atomic E-state index is 0. The van der Waals surface area contributed by atoms with Crippen molar-refractivity contribution in [2.45, 2.75) is 6.92 Å². The number of ether oxygens (including phenoxy) is 1. The molecule has 0 radical (unpaired) electrons. The van der Waals surface area contributed by atoms with Crippen molar-refractivity contribution in [2.75, 3.05) is 0 Å². The van der Waals surface area contributed by atoms with E-state index in [0.29, 0.717) is 0 Å². The molecule has 0 saturated carbocycles. The number of halogens is 12. The van der Waals surface area contributed by atoms with Gasteiger partial charge in [0.25, 0.3) is 5.97 Å². The first-order valence-electron chi connectivity index (χ1n) is 3.82. The summed E-state index contributed by atoms with van der Waals surface area (Å²) in [5, 5.41) is 0. The first-order chi connectivity index (χ1) is 8.27. The zero-order valence-electron chi connectivity index (χ0n) is 10.3. The number of hydrogen-bond donors (Lipinski definition) is 0. The number of esters is 1. The van der Waals surface area contributed by atoms with Gasteiger partial charge in [-0.05, 0) is 0 Å². The minimum atomic E-state index is -6.00. The molecule has 0 aromatic rings. The third-order valence-corrected chi connectivity index (χ3v) is 0.203. The van der Waals surface area contributed by atoms with Crippen molar-refractivity contribution < 1.29 is 113 Å². The smallest absolute Gasteiger partial charge is 0.640 e. The van der Waals surface area contributed by atoms with E-state index in [1.807, 2.05) is 0 Å². The van der Waals surface area contributed by atoms with E-state index in [9.17, 15) is 56.6 Å². The van der Waals surface area contributed by atoms with Crippen LogP contribution in [0.4, 0.5) is 51.8 Å². The summed E-state index contributed by atoms with van der Waals surface area (Å²) in [4.78, 5) is 9.53. The summed E-state index contributed by atoms with van der Waals surface area (Å²) in [7, 11) is -15.2. The van der Waals surface area contributed by atoms with Gasteiger partial charge in [0.15, 0.2) is 0 Å². The van der Waals surface area contributed by atoms with Crippen LogP contribution in [0.25, 0.3) is 0 Å². The van der Waals surface area contributed by atoms with E-state index < -0.39 is 21.8 Å². The normalized spacial score (nSPS) is 10.2. The Morgan fingerprint density at radius 3 is 0.762 bits per heavy atom. The molecular weight excluding hydrogens is 368 g/mol. The van der Waals surface area contributed by atoms with Crippen LogP contribution in [0.5, 0.6) is 0 Å². The van der Waals surface area contributed by atoms with E-state index in [1.54, 1.807) is 0 Å². The molecule has 0 bridgehead atoms. The largest absolute Gasteiger partial charge is 1.00 e. The second kappa shape index (κ2) is 15.4. The average Bonchev–Trinajstić information content (AvgIpc) is 1.93. The number of carbonyl (C=O) groups is 1. The number of carbonyl (C=O) groups excluding carboxylic acids is 1. The molecule has 0 atom stereocenters. The molecule has 2 nitrogen and oxygen atoms in total. The minimum Gasteiger partial charge on any atom is -0.640 e. The van der Waals surface area contributed by atoms with Gasteiger partial charge in [0.1, 0.15) is 0 Å². The third kappa shape index (κ3) is 1150. The van der Waals surface area contributed by atoms with Gasteiger partial charge in [-0.3, -0.25) is 4.79 Å². The molecule has 0 aliphatic carbocycles. The standard InChI is InChI=1S/C3H5O2.3BF4.K/c1-3(4)5-2;3*2-1(3,4)5;/h2H2,1H3;;;;/q4*-1;+1. The van der Waals surface area contributed by atoms with E-state index in [2.05, 4.69) is 11.8 Å². The van der Waals surface area contributed by atoms with Crippen LogP contribution < -0.4 is 51.4 Å². The summed E-state index contributed by atoms with van der Waals surface area (Å²) in [6, 6.07) is 0. The van der Waals surface area contributed by atoms with Gasteiger partial charge in [-0.15, -0.1) is 0 Å². The Hall–Kier alpha value is 0.461. The molecule has 126 valence electrons. The van der Waals surface area contributed by atoms with Gasteiger partial charge in [-0.2, -0.15) is 7.11 Å². The second-order valence-corrected chi connectivity index (χ2v) is 2.12. The summed E-state index contributed by atoms with van der Waals surface area (Å²) < 4.78 is 121. The molecule has 0 heterocycles. The van der Waals surface area contributed by atoms with Crippen LogP contribution in [0, 0.1) is 7.11 Å². The maximum absolute atomic E-state index is 9.75. The summed E-state index contributed by atoms with van der Waals surface area (Å²) in [5.74, 6) is -0.356. The van der Waals surface area contributed by atoms with Crippen LogP contribution in [-0.4, -0.2) is 27.7 Å². The molecule has 18 heteroatoms. The zero-order chi connectivity index (χ0) is 17.8. The Balaban J connectivity index is -0.0000000533. The fourth-order valence-electron chi connectivity index (χ4n) is 0. The molecular formula is C3H5B3F12KO2-3. The van der Waals surface area contributed by atoms with Crippen molar-refractivity contribution in [3.05, 3.63) is 7.11 Å². The zero-order valence-corrected chi connectivity index (χ0v) is 13.4. The molecule has 0 amide bonds. The summed E-state index contributed by atoms with van der Waals surface area (Å²) in [5.41, 5.74) is 0. The average molecular weight is 373 g/mol. The Bertz CT molecular complexity index is 191. The predicted molar refractivity (Wildman–Crippen MR) is 47.7 cm³/mol. The van der Waals surface area contributed by atoms with Gasteiger partial charge < -0.3 is 56.5 Å². The molecule has 0 aromatic carbocycles. The predicted octanol–water partition coefficient (Wildman–Crippen LogP) is 1.25. The van der Waals surface area contributed by atoms with E-state index in [-0.39, 0.29) is 57.4 Å². The number of rotatable bonds is 0. The number of hydrogen-bond acceptors (Lipinski definition) is 2. The van der Waals surface area contributed by atoms with Crippen molar-refractivity contribution >= 4 is 27.7 Å². The van der Waals surface area contributed by atoms with Crippen molar-refractivity contribution in [2.24, 2.45) is 0 Å². The van der Waals surface area contributed by atoms with E-state index in [4.69, 9.17) is 0 Å². The molecule has 0 aliphatic rings. The summed E-state index contributed by atoms with van der Waals surface area (Å²) in [6.07, 6.45) is 0. The summed E-state index contributed by atoms with van der Waals surface area (Å²) in [6.45, 7) is 1.30. The molecule has 21 heavy (non-hydrogen) atoms. The van der Waals surface area contributed by atoms with E-state index in [0.717, 1.165) is 0 Å². The van der Waals surface area contributed by atoms with Crippen LogP contribution in [-0.2, 0) is 9.53 Å². The topological polar surface area (TPSA) is 26.3 Å². The molecule has 0 aromatic heterocycles. The van der Waals surface area contributed by atoms with Crippen LogP contribution in [0.15, 0.2) is 0 Å². The SMILES string of the molecule is F[B-](F)(F)F.F[B-](F)(F)F.F[B-](F)(F)F.[CH2-]OC(C)=O.[K+]. The molecule has 0 aliphatic heterocycles. The molecule has 0 N–H and O–H groups in total. The first kappa shape index (κ1) is 33.2. The fraction of sp³-hybridized carbons (Fsp3) is 0.333. The van der Waals surface area contributed by atoms with Crippen LogP contribution in [0.3, 0.4) is 0 Å². The van der Waals surface area contributed by atoms with Crippen LogP contribution in [0.1, 0.15) is 6.92 Å². The molecule has 0 fully saturated rings. The van der Waals surface area contributed by atoms with Gasteiger partial charge in [0, 0.05) is 6.92 Å². The Morgan fingerprint density at radius 1 is 0.714 bits per heavy atom. The second-order valence-electron chi connectivity index (χ2n) is 2.12. The molecule has 0 saturated heterocycles. The quantitative estimate of drug-likeness (QED) is 0.277. The maximum Gasteiger partial charge on any atom is 1.00 e. The van der Waals surface area contributed by atoms with Crippen molar-refractivity contribution in [1.29, 1.82) is 0 Å². The third-order valence-electron chi connectivity index (χ3n) is 0.203. The summed E-state index contributed by atoms with van der Waals surface area (Å²) >= 11 is 0. The maximum atomic E-state index is 9.75. The van der Waals surface area contributed by atoms with Gasteiger partial charge in [-0.25, -0.2) is 0 Å². The van der Waals surface area contributed by atoms with Crippen molar-refractivity contribution in [3.8, 4) is 0 Å². The Morgan fingerprint density at radius 2 is 0.762 bits per heavy atom. The molecule has 0 spiro atoms. The molecule has 0 unspecified atom stereocenters. The fourth-order valence-corrected chi connectivity index (χ4v) is 0. The van der Waals surface area contributed by atoms with Crippen LogP contribution in [0.2, 0.25) is 0 Å². The Kier molecular flexibility index (Phi) is 24.3. The van der Waals surface area contributed by atoms with Crippen LogP contribution >= 0.6 is 0 Å². The van der Waals surface area contributed by atoms with E-state index >= 15 is 0 Å². The van der Waals surface area contributed by atoms with Crippen molar-refractivity contribution in [1.82, 2.24) is 0 Å². The first-order valence-corrected chi connectivity index (χ1v) is 3.82. The Labute approximate surface area is 153 Å². The van der Waals surface area contributed by atoms with Gasteiger partial charge >= 0.3 is 73.1 Å². The molecule has 0 rings (SSSR count). The van der Waals surface area contributed by atoms with E-state index in [1.165, 1.54) is 6.92 Å². The van der Waals surface area contributed by atoms with Gasteiger partial charge in [0.2, 0.25) is 0 Å². The van der Waals surface area contributed by atoms with Gasteiger partial charge in [-0.1, -0.05) is 0 Å². The van der Waals surface area contributed by atoms with Crippen molar-refractivity contribution in [3.63, 3.8) is 0 Å².